The van der Waals surface area contributed by atoms with Crippen LogP contribution < -0.4 is 0 Å². The van der Waals surface area contributed by atoms with Crippen LogP contribution in [-0.4, -0.2) is 41.6 Å². The molecule has 0 unspecified atom stereocenters. The summed E-state index contributed by atoms with van der Waals surface area (Å²) in [6.45, 7) is 1.12. The summed E-state index contributed by atoms with van der Waals surface area (Å²) in [5.41, 5.74) is 0.00284. The van der Waals surface area contributed by atoms with Crippen molar-refractivity contribution in [1.82, 2.24) is 4.90 Å². The summed E-state index contributed by atoms with van der Waals surface area (Å²) >= 11 is 5.69. The van der Waals surface area contributed by atoms with E-state index in [1.54, 1.807) is 4.90 Å². The van der Waals surface area contributed by atoms with Crippen molar-refractivity contribution < 1.29 is 19.4 Å². The van der Waals surface area contributed by atoms with Gasteiger partial charge in [0.05, 0.1) is 0 Å². The van der Waals surface area contributed by atoms with Gasteiger partial charge in [0, 0.05) is 18.1 Å². The Kier molecular flexibility index (Phi) is 5.44. The Morgan fingerprint density at radius 3 is 2.48 bits per heavy atom. The highest BCUT2D eigenvalue weighted by Gasteiger charge is 2.19. The van der Waals surface area contributed by atoms with Gasteiger partial charge in [-0.05, 0) is 31.0 Å². The largest absolute Gasteiger partial charge is 0.507 e. The quantitative estimate of drug-likeness (QED) is 0.871. The fraction of sp³-hybridized carbons (Fsp3) is 0.467. The van der Waals surface area contributed by atoms with Gasteiger partial charge in [-0.3, -0.25) is 4.79 Å². The predicted octanol–water partition coefficient (Wildman–Crippen LogP) is 2.61. The normalized spacial score (nSPS) is 15.4. The number of aromatic hydroxyl groups is 1. The first kappa shape index (κ1) is 15.6. The van der Waals surface area contributed by atoms with Gasteiger partial charge in [0.25, 0.3) is 5.91 Å². The van der Waals surface area contributed by atoms with Gasteiger partial charge in [0.1, 0.15) is 11.3 Å². The number of hydrogen-bond donors (Lipinski definition) is 1. The van der Waals surface area contributed by atoms with Gasteiger partial charge in [-0.2, -0.15) is 0 Å². The monoisotopic (exact) mass is 311 g/mol. The minimum atomic E-state index is -0.729. The minimum Gasteiger partial charge on any atom is -0.507 e. The molecular weight excluding hydrogens is 294 g/mol. The Bertz CT molecular complexity index is 524. The minimum absolute atomic E-state index is 0.00284. The maximum absolute atomic E-state index is 12.0. The van der Waals surface area contributed by atoms with Crippen molar-refractivity contribution in [2.24, 2.45) is 0 Å². The van der Waals surface area contributed by atoms with Gasteiger partial charge in [0.15, 0.2) is 6.61 Å². The first-order valence-corrected chi connectivity index (χ1v) is 7.39. The summed E-state index contributed by atoms with van der Waals surface area (Å²) in [5.74, 6) is -1.18. The maximum atomic E-state index is 12.0. The van der Waals surface area contributed by atoms with Crippen molar-refractivity contribution in [3.8, 4) is 5.75 Å². The molecule has 1 aliphatic rings. The predicted molar refractivity (Wildman–Crippen MR) is 78.4 cm³/mol. The maximum Gasteiger partial charge on any atom is 0.342 e. The summed E-state index contributed by atoms with van der Waals surface area (Å²) in [6, 6.07) is 4.11. The van der Waals surface area contributed by atoms with Crippen molar-refractivity contribution >= 4 is 23.5 Å². The zero-order valence-electron chi connectivity index (χ0n) is 11.7. The number of benzene rings is 1. The van der Waals surface area contributed by atoms with Crippen LogP contribution >= 0.6 is 11.6 Å². The molecule has 1 heterocycles. The van der Waals surface area contributed by atoms with E-state index in [-0.39, 0.29) is 23.8 Å². The Balaban J connectivity index is 1.89. The van der Waals surface area contributed by atoms with Crippen molar-refractivity contribution in [1.29, 1.82) is 0 Å². The fourth-order valence-electron chi connectivity index (χ4n) is 2.29. The van der Waals surface area contributed by atoms with Gasteiger partial charge in [-0.15, -0.1) is 0 Å². The van der Waals surface area contributed by atoms with Crippen molar-refractivity contribution in [2.45, 2.75) is 25.7 Å². The summed E-state index contributed by atoms with van der Waals surface area (Å²) in [6.07, 6.45) is 4.22. The highest BCUT2D eigenvalue weighted by Crippen LogP contribution is 2.22. The zero-order valence-corrected chi connectivity index (χ0v) is 12.4. The first-order chi connectivity index (χ1) is 10.1. The second-order valence-corrected chi connectivity index (χ2v) is 5.47. The molecule has 21 heavy (non-hydrogen) atoms. The average Bonchev–Trinajstić information content (AvgIpc) is 2.73. The first-order valence-electron chi connectivity index (χ1n) is 7.01. The molecule has 0 saturated carbocycles. The molecule has 2 rings (SSSR count). The van der Waals surface area contributed by atoms with E-state index < -0.39 is 5.97 Å². The molecular formula is C15H18ClNO4. The Morgan fingerprint density at radius 1 is 1.19 bits per heavy atom. The number of ether oxygens (including phenoxy) is 1. The van der Waals surface area contributed by atoms with Crippen molar-refractivity contribution in [3.05, 3.63) is 28.8 Å². The van der Waals surface area contributed by atoms with Crippen LogP contribution in [0.15, 0.2) is 18.2 Å². The molecule has 0 radical (unpaired) electrons. The lowest BCUT2D eigenvalue weighted by molar-refractivity contribution is -0.134. The number of amides is 1. The van der Waals surface area contributed by atoms with Crippen molar-refractivity contribution in [2.75, 3.05) is 19.7 Å². The third-order valence-corrected chi connectivity index (χ3v) is 3.70. The van der Waals surface area contributed by atoms with Crippen LogP contribution in [0.25, 0.3) is 0 Å². The number of nitrogens with zero attached hydrogens (tertiary/aromatic N) is 1. The molecule has 1 amide bonds. The highest BCUT2D eigenvalue weighted by atomic mass is 35.5. The number of carbonyl (C=O) groups excluding carboxylic acids is 2. The number of phenolic OH excluding ortho intramolecular Hbond substituents is 1. The van der Waals surface area contributed by atoms with E-state index in [1.807, 2.05) is 0 Å². The standard InChI is InChI=1S/C15H18ClNO4/c16-11-5-6-12(13(18)9-11)15(20)21-10-14(19)17-7-3-1-2-4-8-17/h5-6,9,18H,1-4,7-8,10H2. The second kappa shape index (κ2) is 7.31. The third-order valence-electron chi connectivity index (χ3n) is 3.47. The number of rotatable bonds is 3. The molecule has 114 valence electrons. The molecule has 1 saturated heterocycles. The number of halogens is 1. The van der Waals surface area contributed by atoms with E-state index in [1.165, 1.54) is 18.2 Å². The second-order valence-electron chi connectivity index (χ2n) is 5.03. The van der Waals surface area contributed by atoms with Gasteiger partial charge in [-0.1, -0.05) is 24.4 Å². The van der Waals surface area contributed by atoms with E-state index in [0.29, 0.717) is 18.1 Å². The molecule has 5 nitrogen and oxygen atoms in total. The summed E-state index contributed by atoms with van der Waals surface area (Å²) < 4.78 is 4.97. The Morgan fingerprint density at radius 2 is 1.86 bits per heavy atom. The number of carbonyl (C=O) groups is 2. The van der Waals surface area contributed by atoms with Crippen LogP contribution in [-0.2, 0) is 9.53 Å². The topological polar surface area (TPSA) is 66.8 Å². The smallest absolute Gasteiger partial charge is 0.342 e. The zero-order chi connectivity index (χ0) is 15.2. The van der Waals surface area contributed by atoms with Gasteiger partial charge < -0.3 is 14.7 Å². The number of esters is 1. The molecule has 6 heteroatoms. The average molecular weight is 312 g/mol. The molecule has 1 fully saturated rings. The molecule has 1 aliphatic heterocycles. The van der Waals surface area contributed by atoms with Crippen LogP contribution in [0, 0.1) is 0 Å². The van der Waals surface area contributed by atoms with Gasteiger partial charge in [-0.25, -0.2) is 4.79 Å². The lowest BCUT2D eigenvalue weighted by Gasteiger charge is -2.20. The third kappa shape index (κ3) is 4.36. The number of likely N-dealkylation sites (tertiary alicyclic amines) is 1. The molecule has 1 aromatic carbocycles. The molecule has 0 atom stereocenters. The van der Waals surface area contributed by atoms with Crippen LogP contribution in [0.1, 0.15) is 36.0 Å². The van der Waals surface area contributed by atoms with Crippen LogP contribution in [0.3, 0.4) is 0 Å². The highest BCUT2D eigenvalue weighted by molar-refractivity contribution is 6.30. The van der Waals surface area contributed by atoms with Crippen molar-refractivity contribution in [3.63, 3.8) is 0 Å². The Hall–Kier alpha value is -1.75. The lowest BCUT2D eigenvalue weighted by Crippen LogP contribution is -2.35. The van der Waals surface area contributed by atoms with Gasteiger partial charge >= 0.3 is 5.97 Å². The number of hydrogen-bond acceptors (Lipinski definition) is 4. The molecule has 1 aromatic rings. The molecule has 0 aromatic heterocycles. The lowest BCUT2D eigenvalue weighted by atomic mass is 10.2. The van der Waals surface area contributed by atoms with E-state index >= 15 is 0 Å². The summed E-state index contributed by atoms with van der Waals surface area (Å²) in [7, 11) is 0. The van der Waals surface area contributed by atoms with E-state index in [4.69, 9.17) is 16.3 Å². The summed E-state index contributed by atoms with van der Waals surface area (Å²) in [5, 5.41) is 9.96. The molecule has 0 aliphatic carbocycles. The Labute approximate surface area is 128 Å². The van der Waals surface area contributed by atoms with Crippen LogP contribution in [0.2, 0.25) is 5.02 Å². The van der Waals surface area contributed by atoms with Crippen LogP contribution in [0.4, 0.5) is 0 Å². The van der Waals surface area contributed by atoms with E-state index in [9.17, 15) is 14.7 Å². The molecule has 0 spiro atoms. The number of phenols is 1. The van der Waals surface area contributed by atoms with E-state index in [0.717, 1.165) is 25.7 Å². The molecule has 0 bridgehead atoms. The summed E-state index contributed by atoms with van der Waals surface area (Å²) in [4.78, 5) is 25.6. The van der Waals surface area contributed by atoms with Crippen LogP contribution in [0.5, 0.6) is 5.75 Å². The fourth-order valence-corrected chi connectivity index (χ4v) is 2.46. The van der Waals surface area contributed by atoms with Gasteiger partial charge in [0.2, 0.25) is 0 Å². The van der Waals surface area contributed by atoms with E-state index in [2.05, 4.69) is 0 Å². The molecule has 1 N–H and O–H groups in total. The SMILES string of the molecule is O=C(OCC(=O)N1CCCCCC1)c1ccc(Cl)cc1O.